The van der Waals surface area contributed by atoms with Crippen LogP contribution < -0.4 is 0 Å². The average Bonchev–Trinajstić information content (AvgIpc) is 2.27. The van der Waals surface area contributed by atoms with Gasteiger partial charge in [-0.15, -0.1) is 0 Å². The molecule has 0 saturated carbocycles. The maximum absolute atomic E-state index is 10.3. The van der Waals surface area contributed by atoms with E-state index in [1.54, 1.807) is 0 Å². The van der Waals surface area contributed by atoms with Gasteiger partial charge in [0.2, 0.25) is 0 Å². The zero-order chi connectivity index (χ0) is 11.8. The van der Waals surface area contributed by atoms with Crippen LogP contribution in [0.3, 0.4) is 0 Å². The van der Waals surface area contributed by atoms with Crippen LogP contribution in [0, 0.1) is 11.8 Å². The number of aliphatic carboxylic acids is 1. The molecule has 0 aromatic heterocycles. The maximum Gasteiger partial charge on any atom is 0.315 e. The monoisotopic (exact) mass is 218 g/mol. The maximum atomic E-state index is 10.3. The highest BCUT2D eigenvalue weighted by molar-refractivity contribution is 5.70. The molecule has 1 aromatic carbocycles. The fourth-order valence-electron chi connectivity index (χ4n) is 1.34. The summed E-state index contributed by atoms with van der Waals surface area (Å²) in [6.45, 7) is 0.150. The zero-order valence-corrected chi connectivity index (χ0v) is 8.94. The van der Waals surface area contributed by atoms with Gasteiger partial charge in [0.15, 0.2) is 0 Å². The van der Waals surface area contributed by atoms with Crippen molar-refractivity contribution in [1.82, 2.24) is 0 Å². The molecule has 3 nitrogen and oxygen atoms in total. The Bertz CT molecular complexity index is 413. The lowest BCUT2D eigenvalue weighted by Gasteiger charge is -2.02. The van der Waals surface area contributed by atoms with Crippen molar-refractivity contribution in [3.63, 3.8) is 0 Å². The van der Waals surface area contributed by atoms with Crippen LogP contribution in [-0.4, -0.2) is 22.8 Å². The van der Waals surface area contributed by atoms with Gasteiger partial charge in [0.25, 0.3) is 0 Å². The molecule has 2 N–H and O–H groups in total. The molecule has 0 aliphatic heterocycles. The molecular formula is C13H14O3. The van der Waals surface area contributed by atoms with Gasteiger partial charge in [-0.3, -0.25) is 4.79 Å². The molecule has 0 unspecified atom stereocenters. The number of benzene rings is 1. The Balaban J connectivity index is 2.76. The number of hydrogen-bond acceptors (Lipinski definition) is 2. The van der Waals surface area contributed by atoms with Crippen LogP contribution in [0.25, 0.3) is 0 Å². The van der Waals surface area contributed by atoms with Gasteiger partial charge < -0.3 is 10.2 Å². The van der Waals surface area contributed by atoms with Gasteiger partial charge >= 0.3 is 5.97 Å². The highest BCUT2D eigenvalue weighted by Gasteiger charge is 1.98. The van der Waals surface area contributed by atoms with Crippen LogP contribution in [0.15, 0.2) is 24.3 Å². The predicted molar refractivity (Wildman–Crippen MR) is 61.0 cm³/mol. The van der Waals surface area contributed by atoms with Crippen LogP contribution >= 0.6 is 0 Å². The molecule has 0 saturated heterocycles. The summed E-state index contributed by atoms with van der Waals surface area (Å²) in [6, 6.07) is 7.59. The molecule has 0 atom stereocenters. The molecule has 0 heterocycles. The van der Waals surface area contributed by atoms with Crippen molar-refractivity contribution in [3.8, 4) is 11.8 Å². The minimum absolute atomic E-state index is 0.145. The minimum Gasteiger partial charge on any atom is -0.481 e. The van der Waals surface area contributed by atoms with E-state index in [-0.39, 0.29) is 13.0 Å². The van der Waals surface area contributed by atoms with E-state index in [1.165, 1.54) is 0 Å². The summed E-state index contributed by atoms with van der Waals surface area (Å²) in [5.41, 5.74) is 1.90. The van der Waals surface area contributed by atoms with Crippen molar-refractivity contribution in [2.75, 3.05) is 6.61 Å². The smallest absolute Gasteiger partial charge is 0.315 e. The molecular weight excluding hydrogens is 204 g/mol. The lowest BCUT2D eigenvalue weighted by Crippen LogP contribution is -1.94. The summed E-state index contributed by atoms with van der Waals surface area (Å²) >= 11 is 0. The molecule has 0 spiro atoms. The molecule has 0 amide bonds. The van der Waals surface area contributed by atoms with Crippen LogP contribution in [0.2, 0.25) is 0 Å². The van der Waals surface area contributed by atoms with Crippen LogP contribution in [0.5, 0.6) is 0 Å². The number of aliphatic hydroxyl groups excluding tert-OH is 1. The Morgan fingerprint density at radius 3 is 2.75 bits per heavy atom. The van der Waals surface area contributed by atoms with E-state index in [4.69, 9.17) is 10.2 Å². The quantitative estimate of drug-likeness (QED) is 0.752. The van der Waals surface area contributed by atoms with Crippen molar-refractivity contribution in [1.29, 1.82) is 0 Å². The van der Waals surface area contributed by atoms with Gasteiger partial charge in [0.05, 0.1) is 0 Å². The minimum atomic E-state index is -0.916. The first kappa shape index (κ1) is 12.3. The predicted octanol–water partition coefficient (Wildman–Crippen LogP) is 1.44. The Morgan fingerprint density at radius 1 is 1.31 bits per heavy atom. The Kier molecular flexibility index (Phi) is 5.10. The number of carbonyl (C=O) groups is 1. The first-order valence-corrected chi connectivity index (χ1v) is 5.13. The van der Waals surface area contributed by atoms with E-state index in [0.717, 1.165) is 17.5 Å². The van der Waals surface area contributed by atoms with Gasteiger partial charge in [0.1, 0.15) is 6.42 Å². The summed E-state index contributed by atoms with van der Waals surface area (Å²) in [5.74, 6) is 4.53. The van der Waals surface area contributed by atoms with Crippen molar-refractivity contribution >= 4 is 5.97 Å². The fraction of sp³-hybridized carbons (Fsp3) is 0.308. The SMILES string of the molecule is O=C(O)CC#Cc1ccccc1CCCO. The van der Waals surface area contributed by atoms with Crippen molar-refractivity contribution in [2.24, 2.45) is 0 Å². The van der Waals surface area contributed by atoms with Crippen molar-refractivity contribution in [2.45, 2.75) is 19.3 Å². The molecule has 0 fully saturated rings. The second kappa shape index (κ2) is 6.65. The second-order valence-electron chi connectivity index (χ2n) is 3.36. The second-order valence-corrected chi connectivity index (χ2v) is 3.36. The molecule has 3 heteroatoms. The van der Waals surface area contributed by atoms with E-state index in [9.17, 15) is 4.79 Å². The summed E-state index contributed by atoms with van der Waals surface area (Å²) in [7, 11) is 0. The van der Waals surface area contributed by atoms with Gasteiger partial charge in [-0.1, -0.05) is 30.0 Å². The topological polar surface area (TPSA) is 57.5 Å². The Labute approximate surface area is 94.7 Å². The third-order valence-corrected chi connectivity index (χ3v) is 2.08. The highest BCUT2D eigenvalue weighted by Crippen LogP contribution is 2.09. The number of hydrogen-bond donors (Lipinski definition) is 2. The van der Waals surface area contributed by atoms with Gasteiger partial charge in [0, 0.05) is 12.2 Å². The summed E-state index contributed by atoms with van der Waals surface area (Å²) in [5, 5.41) is 17.2. The van der Waals surface area contributed by atoms with Crippen LogP contribution in [-0.2, 0) is 11.2 Å². The molecule has 0 aliphatic carbocycles. The fourth-order valence-corrected chi connectivity index (χ4v) is 1.34. The van der Waals surface area contributed by atoms with E-state index in [1.807, 2.05) is 24.3 Å². The molecule has 1 aromatic rings. The van der Waals surface area contributed by atoms with Crippen LogP contribution in [0.4, 0.5) is 0 Å². The molecule has 1 rings (SSSR count). The summed E-state index contributed by atoms with van der Waals surface area (Å²) in [4.78, 5) is 10.3. The zero-order valence-electron chi connectivity index (χ0n) is 8.94. The largest absolute Gasteiger partial charge is 0.481 e. The average molecular weight is 218 g/mol. The summed E-state index contributed by atoms with van der Waals surface area (Å²) in [6.07, 6.45) is 1.31. The molecule has 16 heavy (non-hydrogen) atoms. The third-order valence-electron chi connectivity index (χ3n) is 2.08. The van der Waals surface area contributed by atoms with E-state index in [0.29, 0.717) is 6.42 Å². The molecule has 0 bridgehead atoms. The number of aryl methyl sites for hydroxylation is 1. The first-order valence-electron chi connectivity index (χ1n) is 5.13. The number of aliphatic hydroxyl groups is 1. The lowest BCUT2D eigenvalue weighted by atomic mass is 10.0. The molecule has 84 valence electrons. The lowest BCUT2D eigenvalue weighted by molar-refractivity contribution is -0.135. The van der Waals surface area contributed by atoms with E-state index in [2.05, 4.69) is 11.8 Å². The van der Waals surface area contributed by atoms with Gasteiger partial charge in [-0.05, 0) is 24.5 Å². The summed E-state index contributed by atoms with van der Waals surface area (Å²) < 4.78 is 0. The first-order chi connectivity index (χ1) is 7.74. The van der Waals surface area contributed by atoms with Crippen LogP contribution in [0.1, 0.15) is 24.0 Å². The normalized spacial score (nSPS) is 9.31. The van der Waals surface area contributed by atoms with E-state index < -0.39 is 5.97 Å². The standard InChI is InChI=1S/C13H14O3/c14-10-4-8-12-6-2-1-5-11(12)7-3-9-13(15)16/h1-2,5-6,14H,4,8-10H2,(H,15,16). The third kappa shape index (κ3) is 4.16. The number of rotatable bonds is 4. The Morgan fingerprint density at radius 2 is 2.06 bits per heavy atom. The van der Waals surface area contributed by atoms with E-state index >= 15 is 0 Å². The number of carboxylic acid groups (broad SMARTS) is 1. The van der Waals surface area contributed by atoms with Crippen molar-refractivity contribution in [3.05, 3.63) is 35.4 Å². The number of carboxylic acids is 1. The Hall–Kier alpha value is -1.79. The van der Waals surface area contributed by atoms with Gasteiger partial charge in [-0.2, -0.15) is 0 Å². The van der Waals surface area contributed by atoms with Crippen molar-refractivity contribution < 1.29 is 15.0 Å². The molecule has 0 radical (unpaired) electrons. The molecule has 0 aliphatic rings. The highest BCUT2D eigenvalue weighted by atomic mass is 16.4. The van der Waals surface area contributed by atoms with Gasteiger partial charge in [-0.25, -0.2) is 0 Å².